The third kappa shape index (κ3) is 6.95. The van der Waals surface area contributed by atoms with Gasteiger partial charge < -0.3 is 10.1 Å². The first-order valence-corrected chi connectivity index (χ1v) is 6.11. The second-order valence-electron chi connectivity index (χ2n) is 5.19. The number of benzene rings is 1. The van der Waals surface area contributed by atoms with Gasteiger partial charge in [-0.3, -0.25) is 0 Å². The van der Waals surface area contributed by atoms with Crippen molar-refractivity contribution in [1.29, 1.82) is 0 Å². The van der Waals surface area contributed by atoms with Crippen LogP contribution in [0, 0.1) is 5.82 Å². The predicted molar refractivity (Wildman–Crippen MR) is 68.9 cm³/mol. The molecule has 3 heteroatoms. The standard InChI is InChI=1S/C14H22FNO/c1-14(2,3)16-9-4-5-10-17-13-8-6-7-12(15)11-13/h6-8,11,16H,4-5,9-10H2,1-3H3. The molecule has 0 amide bonds. The van der Waals surface area contributed by atoms with Crippen molar-refractivity contribution in [2.24, 2.45) is 0 Å². The SMILES string of the molecule is CC(C)(C)NCCCCOc1cccc(F)c1. The lowest BCUT2D eigenvalue weighted by molar-refractivity contribution is 0.300. The van der Waals surface area contributed by atoms with Crippen LogP contribution in [0.25, 0.3) is 0 Å². The van der Waals surface area contributed by atoms with Crippen molar-refractivity contribution in [1.82, 2.24) is 5.32 Å². The van der Waals surface area contributed by atoms with Crippen LogP contribution in [-0.4, -0.2) is 18.7 Å². The Labute approximate surface area is 103 Å². The molecule has 17 heavy (non-hydrogen) atoms. The zero-order chi connectivity index (χ0) is 12.7. The van der Waals surface area contributed by atoms with Crippen LogP contribution in [0.2, 0.25) is 0 Å². The zero-order valence-corrected chi connectivity index (χ0v) is 10.9. The van der Waals surface area contributed by atoms with E-state index in [0.29, 0.717) is 12.4 Å². The highest BCUT2D eigenvalue weighted by molar-refractivity contribution is 5.22. The molecule has 0 bridgehead atoms. The number of hydrogen-bond acceptors (Lipinski definition) is 2. The molecule has 96 valence electrons. The molecule has 1 rings (SSSR count). The second kappa shape index (κ2) is 6.60. The van der Waals surface area contributed by atoms with Gasteiger partial charge in [0, 0.05) is 11.6 Å². The Morgan fingerprint density at radius 1 is 1.24 bits per heavy atom. The van der Waals surface area contributed by atoms with E-state index in [-0.39, 0.29) is 11.4 Å². The van der Waals surface area contributed by atoms with E-state index in [0.717, 1.165) is 19.4 Å². The highest BCUT2D eigenvalue weighted by atomic mass is 19.1. The van der Waals surface area contributed by atoms with Crippen LogP contribution in [0.1, 0.15) is 33.6 Å². The topological polar surface area (TPSA) is 21.3 Å². The normalized spacial score (nSPS) is 11.5. The quantitative estimate of drug-likeness (QED) is 0.768. The van der Waals surface area contributed by atoms with Gasteiger partial charge in [0.05, 0.1) is 6.61 Å². The summed E-state index contributed by atoms with van der Waals surface area (Å²) in [7, 11) is 0. The summed E-state index contributed by atoms with van der Waals surface area (Å²) < 4.78 is 18.3. The smallest absolute Gasteiger partial charge is 0.126 e. The van der Waals surface area contributed by atoms with E-state index in [9.17, 15) is 4.39 Å². The molecule has 0 aliphatic heterocycles. The fraction of sp³-hybridized carbons (Fsp3) is 0.571. The molecule has 0 aromatic heterocycles. The second-order valence-corrected chi connectivity index (χ2v) is 5.19. The van der Waals surface area contributed by atoms with Crippen LogP contribution in [-0.2, 0) is 0 Å². The highest BCUT2D eigenvalue weighted by Gasteiger charge is 2.06. The monoisotopic (exact) mass is 239 g/mol. The van der Waals surface area contributed by atoms with Crippen molar-refractivity contribution in [3.05, 3.63) is 30.1 Å². The molecule has 0 atom stereocenters. The molecule has 0 aliphatic carbocycles. The Bertz CT molecular complexity index is 333. The van der Waals surface area contributed by atoms with Crippen LogP contribution in [0.3, 0.4) is 0 Å². The molecule has 0 unspecified atom stereocenters. The van der Waals surface area contributed by atoms with Gasteiger partial charge >= 0.3 is 0 Å². The molecule has 1 N–H and O–H groups in total. The van der Waals surface area contributed by atoms with E-state index in [1.807, 2.05) is 0 Å². The van der Waals surface area contributed by atoms with E-state index in [2.05, 4.69) is 26.1 Å². The predicted octanol–water partition coefficient (Wildman–Crippen LogP) is 3.37. The maximum atomic E-state index is 12.8. The molecular formula is C14H22FNO. The van der Waals surface area contributed by atoms with Crippen molar-refractivity contribution in [3.8, 4) is 5.75 Å². The van der Waals surface area contributed by atoms with E-state index in [4.69, 9.17) is 4.74 Å². The lowest BCUT2D eigenvalue weighted by Gasteiger charge is -2.20. The Hall–Kier alpha value is -1.09. The lowest BCUT2D eigenvalue weighted by Crippen LogP contribution is -2.36. The number of ether oxygens (including phenoxy) is 1. The number of nitrogens with one attached hydrogen (secondary N) is 1. The average Bonchev–Trinajstić information content (AvgIpc) is 2.22. The summed E-state index contributed by atoms with van der Waals surface area (Å²) in [5.74, 6) is 0.352. The van der Waals surface area contributed by atoms with Gasteiger partial charge in [0.2, 0.25) is 0 Å². The van der Waals surface area contributed by atoms with Crippen LogP contribution in [0.4, 0.5) is 4.39 Å². The summed E-state index contributed by atoms with van der Waals surface area (Å²) in [4.78, 5) is 0. The Balaban J connectivity index is 2.09. The van der Waals surface area contributed by atoms with Gasteiger partial charge in [0.15, 0.2) is 0 Å². The van der Waals surface area contributed by atoms with Gasteiger partial charge in [-0.2, -0.15) is 0 Å². The third-order valence-electron chi connectivity index (χ3n) is 2.29. The summed E-state index contributed by atoms with van der Waals surface area (Å²) in [6, 6.07) is 6.26. The first-order valence-electron chi connectivity index (χ1n) is 6.11. The van der Waals surface area contributed by atoms with Gasteiger partial charge in [-0.1, -0.05) is 6.07 Å². The average molecular weight is 239 g/mol. The molecule has 0 aliphatic rings. The largest absolute Gasteiger partial charge is 0.493 e. The molecule has 0 heterocycles. The molecule has 2 nitrogen and oxygen atoms in total. The van der Waals surface area contributed by atoms with Gasteiger partial charge in [-0.05, 0) is 52.3 Å². The number of unbranched alkanes of at least 4 members (excludes halogenated alkanes) is 1. The van der Waals surface area contributed by atoms with E-state index < -0.39 is 0 Å². The van der Waals surface area contributed by atoms with E-state index in [1.165, 1.54) is 12.1 Å². The van der Waals surface area contributed by atoms with Crippen molar-refractivity contribution < 1.29 is 9.13 Å². The van der Waals surface area contributed by atoms with Gasteiger partial charge in [0.1, 0.15) is 11.6 Å². The minimum atomic E-state index is -0.253. The summed E-state index contributed by atoms with van der Waals surface area (Å²) >= 11 is 0. The minimum Gasteiger partial charge on any atom is -0.493 e. The molecule has 0 saturated carbocycles. The van der Waals surface area contributed by atoms with Crippen LogP contribution in [0.5, 0.6) is 5.75 Å². The van der Waals surface area contributed by atoms with Crippen LogP contribution in [0.15, 0.2) is 24.3 Å². The fourth-order valence-corrected chi connectivity index (χ4v) is 1.44. The maximum Gasteiger partial charge on any atom is 0.126 e. The molecule has 0 saturated heterocycles. The third-order valence-corrected chi connectivity index (χ3v) is 2.29. The molecule has 1 aromatic rings. The number of hydrogen-bond donors (Lipinski definition) is 1. The van der Waals surface area contributed by atoms with Crippen molar-refractivity contribution in [3.63, 3.8) is 0 Å². The summed E-state index contributed by atoms with van der Waals surface area (Å²) in [6.07, 6.45) is 2.03. The van der Waals surface area contributed by atoms with Gasteiger partial charge in [-0.15, -0.1) is 0 Å². The first-order chi connectivity index (χ1) is 7.97. The van der Waals surface area contributed by atoms with Crippen LogP contribution < -0.4 is 10.1 Å². The molecule has 1 aromatic carbocycles. The zero-order valence-electron chi connectivity index (χ0n) is 10.9. The summed E-state index contributed by atoms with van der Waals surface area (Å²) in [5.41, 5.74) is 0.170. The van der Waals surface area contributed by atoms with Crippen molar-refractivity contribution in [2.45, 2.75) is 39.2 Å². The van der Waals surface area contributed by atoms with Crippen molar-refractivity contribution >= 4 is 0 Å². The lowest BCUT2D eigenvalue weighted by atomic mass is 10.1. The number of halogens is 1. The molecule has 0 radical (unpaired) electrons. The van der Waals surface area contributed by atoms with Crippen molar-refractivity contribution in [2.75, 3.05) is 13.2 Å². The van der Waals surface area contributed by atoms with E-state index in [1.54, 1.807) is 12.1 Å². The van der Waals surface area contributed by atoms with Crippen LogP contribution >= 0.6 is 0 Å². The highest BCUT2D eigenvalue weighted by Crippen LogP contribution is 2.12. The van der Waals surface area contributed by atoms with Gasteiger partial charge in [0.25, 0.3) is 0 Å². The summed E-state index contributed by atoms with van der Waals surface area (Å²) in [6.45, 7) is 8.06. The minimum absolute atomic E-state index is 0.170. The molecule has 0 fully saturated rings. The van der Waals surface area contributed by atoms with Gasteiger partial charge in [-0.25, -0.2) is 4.39 Å². The fourth-order valence-electron chi connectivity index (χ4n) is 1.44. The Morgan fingerprint density at radius 2 is 2.00 bits per heavy atom. The maximum absolute atomic E-state index is 12.8. The molecule has 0 spiro atoms. The van der Waals surface area contributed by atoms with E-state index >= 15 is 0 Å². The Morgan fingerprint density at radius 3 is 2.65 bits per heavy atom. The Kier molecular flexibility index (Phi) is 5.42. The summed E-state index contributed by atoms with van der Waals surface area (Å²) in [5, 5.41) is 3.41. The first kappa shape index (κ1) is 14.0. The molecular weight excluding hydrogens is 217 g/mol. The number of rotatable bonds is 6.